The fourth-order valence-corrected chi connectivity index (χ4v) is 2.17. The van der Waals surface area contributed by atoms with Gasteiger partial charge in [0.05, 0.1) is 6.61 Å². The highest BCUT2D eigenvalue weighted by molar-refractivity contribution is 6.20. The summed E-state index contributed by atoms with van der Waals surface area (Å²) >= 11 is 6.02. The van der Waals surface area contributed by atoms with E-state index in [2.05, 4.69) is 5.32 Å². The Balaban J connectivity index is 1.88. The zero-order chi connectivity index (χ0) is 9.52. The van der Waals surface area contributed by atoms with Crippen LogP contribution in [0, 0.1) is 5.92 Å². The van der Waals surface area contributed by atoms with Crippen LogP contribution < -0.4 is 5.32 Å². The van der Waals surface area contributed by atoms with Crippen LogP contribution in [0.5, 0.6) is 0 Å². The third-order valence-corrected chi connectivity index (χ3v) is 2.93. The Morgan fingerprint density at radius 2 is 2.31 bits per heavy atom. The molecule has 2 atom stereocenters. The van der Waals surface area contributed by atoms with Gasteiger partial charge >= 0.3 is 0 Å². The summed E-state index contributed by atoms with van der Waals surface area (Å²) in [4.78, 5) is 0. The number of ether oxygens (including phenoxy) is 1. The van der Waals surface area contributed by atoms with E-state index in [4.69, 9.17) is 16.3 Å². The quantitative estimate of drug-likeness (QED) is 0.529. The van der Waals surface area contributed by atoms with Gasteiger partial charge in [0.2, 0.25) is 0 Å². The van der Waals surface area contributed by atoms with Crippen LogP contribution in [0.3, 0.4) is 0 Å². The van der Waals surface area contributed by atoms with Gasteiger partial charge in [-0.25, -0.2) is 0 Å². The lowest BCUT2D eigenvalue weighted by atomic mass is 10.1. The summed E-state index contributed by atoms with van der Waals surface area (Å²) in [7, 11) is 0. The molecule has 0 radical (unpaired) electrons. The Hall–Kier alpha value is 0.210. The minimum Gasteiger partial charge on any atom is -0.380 e. The molecule has 1 aliphatic carbocycles. The van der Waals surface area contributed by atoms with E-state index < -0.39 is 0 Å². The molecule has 3 heteroatoms. The Morgan fingerprint density at radius 3 is 2.92 bits per heavy atom. The molecule has 2 unspecified atom stereocenters. The molecule has 13 heavy (non-hydrogen) atoms. The fourth-order valence-electron chi connectivity index (χ4n) is 1.79. The van der Waals surface area contributed by atoms with Crippen molar-refractivity contribution in [2.45, 2.75) is 31.6 Å². The van der Waals surface area contributed by atoms with Gasteiger partial charge in [-0.3, -0.25) is 0 Å². The van der Waals surface area contributed by atoms with Crippen LogP contribution in [0.1, 0.15) is 26.2 Å². The molecule has 1 aliphatic rings. The average molecular weight is 206 g/mol. The normalized spacial score (nSPS) is 28.2. The first-order valence-electron chi connectivity index (χ1n) is 5.25. The largest absolute Gasteiger partial charge is 0.380 e. The first kappa shape index (κ1) is 11.3. The van der Waals surface area contributed by atoms with Crippen LogP contribution in [0.15, 0.2) is 0 Å². The van der Waals surface area contributed by atoms with Crippen LogP contribution in [0.2, 0.25) is 0 Å². The van der Waals surface area contributed by atoms with Crippen LogP contribution in [0.4, 0.5) is 0 Å². The molecule has 78 valence electrons. The van der Waals surface area contributed by atoms with E-state index in [0.717, 1.165) is 32.2 Å². The first-order chi connectivity index (χ1) is 6.33. The molecule has 0 heterocycles. The van der Waals surface area contributed by atoms with Gasteiger partial charge in [-0.1, -0.05) is 0 Å². The summed E-state index contributed by atoms with van der Waals surface area (Å²) in [6.07, 6.45) is 3.67. The van der Waals surface area contributed by atoms with Crippen molar-refractivity contribution in [2.24, 2.45) is 5.92 Å². The highest BCUT2D eigenvalue weighted by Crippen LogP contribution is 2.28. The number of alkyl halides is 1. The topological polar surface area (TPSA) is 21.3 Å². The summed E-state index contributed by atoms with van der Waals surface area (Å²) in [6, 6.07) is 0. The molecule has 0 bridgehead atoms. The molecule has 0 spiro atoms. The lowest BCUT2D eigenvalue weighted by molar-refractivity contribution is 0.148. The molecule has 0 aromatic carbocycles. The van der Waals surface area contributed by atoms with Crippen LogP contribution in [-0.2, 0) is 4.74 Å². The summed E-state index contributed by atoms with van der Waals surface area (Å²) in [5, 5.41) is 3.83. The first-order valence-corrected chi connectivity index (χ1v) is 5.69. The van der Waals surface area contributed by atoms with Gasteiger partial charge in [-0.15, -0.1) is 11.6 Å². The number of nitrogens with one attached hydrogen (secondary N) is 1. The molecular weight excluding hydrogens is 186 g/mol. The lowest BCUT2D eigenvalue weighted by Gasteiger charge is -2.10. The van der Waals surface area contributed by atoms with Gasteiger partial charge in [0.25, 0.3) is 0 Å². The van der Waals surface area contributed by atoms with Crippen molar-refractivity contribution in [1.29, 1.82) is 0 Å². The number of rotatable bonds is 6. The van der Waals surface area contributed by atoms with Crippen molar-refractivity contribution in [3.63, 3.8) is 0 Å². The van der Waals surface area contributed by atoms with Gasteiger partial charge < -0.3 is 10.1 Å². The number of hydrogen-bond donors (Lipinski definition) is 1. The van der Waals surface area contributed by atoms with Crippen molar-refractivity contribution in [3.05, 3.63) is 0 Å². The Labute approximate surface area is 86.0 Å². The third kappa shape index (κ3) is 4.84. The molecule has 1 fully saturated rings. The number of hydrogen-bond acceptors (Lipinski definition) is 2. The van der Waals surface area contributed by atoms with E-state index in [1.165, 1.54) is 19.3 Å². The molecule has 1 N–H and O–H groups in total. The average Bonchev–Trinajstić information content (AvgIpc) is 2.51. The smallest absolute Gasteiger partial charge is 0.0590 e. The van der Waals surface area contributed by atoms with Gasteiger partial charge in [0.15, 0.2) is 0 Å². The maximum absolute atomic E-state index is 6.02. The van der Waals surface area contributed by atoms with Crippen LogP contribution in [-0.4, -0.2) is 31.7 Å². The zero-order valence-corrected chi connectivity index (χ0v) is 9.15. The van der Waals surface area contributed by atoms with Crippen LogP contribution in [0.25, 0.3) is 0 Å². The molecule has 0 aromatic heterocycles. The number of halogens is 1. The SMILES string of the molecule is CCOCCNCC1CCC(Cl)C1. The monoisotopic (exact) mass is 205 g/mol. The predicted molar refractivity (Wildman–Crippen MR) is 56.3 cm³/mol. The van der Waals surface area contributed by atoms with E-state index in [1.807, 2.05) is 6.92 Å². The summed E-state index contributed by atoms with van der Waals surface area (Å²) in [5.74, 6) is 0.795. The van der Waals surface area contributed by atoms with Crippen molar-refractivity contribution < 1.29 is 4.74 Å². The van der Waals surface area contributed by atoms with E-state index in [0.29, 0.717) is 5.38 Å². The molecule has 0 aromatic rings. The van der Waals surface area contributed by atoms with E-state index in [9.17, 15) is 0 Å². The van der Waals surface area contributed by atoms with Gasteiger partial charge in [-0.05, 0) is 38.6 Å². The van der Waals surface area contributed by atoms with Gasteiger partial charge in [0.1, 0.15) is 0 Å². The van der Waals surface area contributed by atoms with Gasteiger partial charge in [0, 0.05) is 18.5 Å². The zero-order valence-electron chi connectivity index (χ0n) is 8.39. The minimum atomic E-state index is 0.429. The second-order valence-corrected chi connectivity index (χ2v) is 4.29. The highest BCUT2D eigenvalue weighted by Gasteiger charge is 2.21. The van der Waals surface area contributed by atoms with Crippen molar-refractivity contribution in [1.82, 2.24) is 5.32 Å². The molecule has 1 saturated carbocycles. The van der Waals surface area contributed by atoms with Crippen molar-refractivity contribution in [3.8, 4) is 0 Å². The Morgan fingerprint density at radius 1 is 1.46 bits per heavy atom. The molecule has 1 rings (SSSR count). The molecule has 0 saturated heterocycles. The van der Waals surface area contributed by atoms with E-state index in [-0.39, 0.29) is 0 Å². The Bertz CT molecular complexity index is 132. The van der Waals surface area contributed by atoms with E-state index >= 15 is 0 Å². The maximum atomic E-state index is 6.02. The second-order valence-electron chi connectivity index (χ2n) is 3.68. The standard InChI is InChI=1S/C10H20ClNO/c1-2-13-6-5-12-8-9-3-4-10(11)7-9/h9-10,12H,2-8H2,1H3. The van der Waals surface area contributed by atoms with Crippen molar-refractivity contribution in [2.75, 3.05) is 26.3 Å². The molecule has 0 aliphatic heterocycles. The summed E-state index contributed by atoms with van der Waals surface area (Å²) < 4.78 is 5.23. The second kappa shape index (κ2) is 6.63. The summed E-state index contributed by atoms with van der Waals surface area (Å²) in [6.45, 7) is 5.74. The van der Waals surface area contributed by atoms with Crippen molar-refractivity contribution >= 4 is 11.6 Å². The molecule has 0 amide bonds. The minimum absolute atomic E-state index is 0.429. The lowest BCUT2D eigenvalue weighted by Crippen LogP contribution is -2.25. The summed E-state index contributed by atoms with van der Waals surface area (Å²) in [5.41, 5.74) is 0. The maximum Gasteiger partial charge on any atom is 0.0590 e. The highest BCUT2D eigenvalue weighted by atomic mass is 35.5. The Kier molecular flexibility index (Phi) is 5.76. The predicted octanol–water partition coefficient (Wildman–Crippen LogP) is 2.02. The van der Waals surface area contributed by atoms with E-state index in [1.54, 1.807) is 0 Å². The fraction of sp³-hybridized carbons (Fsp3) is 1.00. The molecular formula is C10H20ClNO. The third-order valence-electron chi connectivity index (χ3n) is 2.54. The van der Waals surface area contributed by atoms with Gasteiger partial charge in [-0.2, -0.15) is 0 Å². The molecule has 2 nitrogen and oxygen atoms in total. The van der Waals surface area contributed by atoms with Crippen LogP contribution >= 0.6 is 11.6 Å².